The van der Waals surface area contributed by atoms with E-state index in [1.807, 2.05) is 0 Å². The van der Waals surface area contributed by atoms with Crippen molar-refractivity contribution < 1.29 is 4.79 Å². The van der Waals surface area contributed by atoms with Gasteiger partial charge in [0.25, 0.3) is 0 Å². The summed E-state index contributed by atoms with van der Waals surface area (Å²) in [4.78, 5) is 11.3. The minimum atomic E-state index is 0.260. The summed E-state index contributed by atoms with van der Waals surface area (Å²) in [5.74, 6) is 0.260. The summed E-state index contributed by atoms with van der Waals surface area (Å²) in [6, 6.07) is 0. The van der Waals surface area contributed by atoms with Crippen LogP contribution in [0.1, 0.15) is 59.8 Å². The van der Waals surface area contributed by atoms with Crippen molar-refractivity contribution in [2.45, 2.75) is 59.8 Å². The molecule has 0 aliphatic rings. The van der Waals surface area contributed by atoms with Crippen molar-refractivity contribution in [3.05, 3.63) is 11.1 Å². The topological polar surface area (TPSA) is 17.1 Å². The highest BCUT2D eigenvalue weighted by atomic mass is 16.1. The first-order valence-corrected chi connectivity index (χ1v) is 5.33. The van der Waals surface area contributed by atoms with E-state index >= 15 is 0 Å². The lowest BCUT2D eigenvalue weighted by Gasteiger charge is -2.07. The smallest absolute Gasteiger partial charge is 0.155 e. The fraction of sp³-hybridized carbons (Fsp3) is 0.750. The largest absolute Gasteiger partial charge is 0.295 e. The first-order valence-electron chi connectivity index (χ1n) is 5.33. The van der Waals surface area contributed by atoms with Crippen LogP contribution in [0, 0.1) is 0 Å². The van der Waals surface area contributed by atoms with Crippen LogP contribution in [0.4, 0.5) is 0 Å². The van der Waals surface area contributed by atoms with Crippen LogP contribution < -0.4 is 0 Å². The normalized spacial score (nSPS) is 12.6. The first-order chi connectivity index (χ1) is 6.13. The van der Waals surface area contributed by atoms with E-state index in [9.17, 15) is 4.79 Å². The molecule has 13 heavy (non-hydrogen) atoms. The molecule has 0 aliphatic carbocycles. The number of carbonyl (C=O) groups is 1. The van der Waals surface area contributed by atoms with E-state index in [1.165, 1.54) is 18.4 Å². The molecule has 0 aromatic rings. The number of rotatable bonds is 6. The molecule has 76 valence electrons. The molecule has 0 atom stereocenters. The number of carbonyl (C=O) groups excluding carboxylic acids is 1. The lowest BCUT2D eigenvalue weighted by atomic mass is 9.97. The summed E-state index contributed by atoms with van der Waals surface area (Å²) in [5.41, 5.74) is 2.37. The summed E-state index contributed by atoms with van der Waals surface area (Å²) in [6.07, 6.45) is 5.51. The van der Waals surface area contributed by atoms with E-state index in [2.05, 4.69) is 20.8 Å². The Labute approximate surface area is 82.2 Å². The van der Waals surface area contributed by atoms with Crippen LogP contribution in [-0.2, 0) is 4.79 Å². The maximum absolute atomic E-state index is 11.3. The Morgan fingerprint density at radius 2 is 1.62 bits per heavy atom. The second kappa shape index (κ2) is 6.88. The number of unbranched alkanes of at least 4 members (excludes halogenated alkanes) is 1. The first kappa shape index (κ1) is 12.4. The molecule has 0 aromatic heterocycles. The second-order valence-electron chi connectivity index (χ2n) is 3.67. The molecule has 0 radical (unpaired) electrons. The van der Waals surface area contributed by atoms with Crippen molar-refractivity contribution in [2.24, 2.45) is 0 Å². The third-order valence-corrected chi connectivity index (χ3v) is 2.35. The molecular formula is C12H22O. The quantitative estimate of drug-likeness (QED) is 0.570. The Kier molecular flexibility index (Phi) is 6.56. The Morgan fingerprint density at radius 1 is 1.00 bits per heavy atom. The lowest BCUT2D eigenvalue weighted by Crippen LogP contribution is -2.00. The van der Waals surface area contributed by atoms with Crippen molar-refractivity contribution in [1.82, 2.24) is 0 Å². The van der Waals surface area contributed by atoms with E-state index in [1.54, 1.807) is 6.92 Å². The monoisotopic (exact) mass is 182 g/mol. The summed E-state index contributed by atoms with van der Waals surface area (Å²) in [7, 11) is 0. The zero-order chi connectivity index (χ0) is 10.3. The van der Waals surface area contributed by atoms with Crippen molar-refractivity contribution in [3.63, 3.8) is 0 Å². The Morgan fingerprint density at radius 3 is 2.00 bits per heavy atom. The van der Waals surface area contributed by atoms with E-state index in [-0.39, 0.29) is 5.78 Å². The maximum atomic E-state index is 11.3. The lowest BCUT2D eigenvalue weighted by molar-refractivity contribution is -0.113. The number of allylic oxidation sites excluding steroid dienone is 2. The van der Waals surface area contributed by atoms with Crippen molar-refractivity contribution in [3.8, 4) is 0 Å². The van der Waals surface area contributed by atoms with Crippen LogP contribution in [0.2, 0.25) is 0 Å². The zero-order valence-corrected chi connectivity index (χ0v) is 9.44. The number of ketones is 1. The van der Waals surface area contributed by atoms with Gasteiger partial charge in [0, 0.05) is 0 Å². The fourth-order valence-corrected chi connectivity index (χ4v) is 1.53. The van der Waals surface area contributed by atoms with Crippen molar-refractivity contribution in [2.75, 3.05) is 0 Å². The summed E-state index contributed by atoms with van der Waals surface area (Å²) in [5, 5.41) is 0. The van der Waals surface area contributed by atoms with Gasteiger partial charge in [0.15, 0.2) is 5.78 Å². The van der Waals surface area contributed by atoms with E-state index in [0.717, 1.165) is 24.8 Å². The Hall–Kier alpha value is -0.590. The predicted octanol–water partition coefficient (Wildman–Crippen LogP) is 3.88. The highest BCUT2D eigenvalue weighted by Crippen LogP contribution is 2.17. The summed E-state index contributed by atoms with van der Waals surface area (Å²) in [6.45, 7) is 8.08. The van der Waals surface area contributed by atoms with Gasteiger partial charge in [-0.3, -0.25) is 4.79 Å². The van der Waals surface area contributed by atoms with Gasteiger partial charge in [-0.1, -0.05) is 32.3 Å². The predicted molar refractivity (Wildman–Crippen MR) is 57.8 cm³/mol. The minimum absolute atomic E-state index is 0.260. The molecule has 0 heterocycles. The minimum Gasteiger partial charge on any atom is -0.295 e. The second-order valence-corrected chi connectivity index (χ2v) is 3.67. The number of Topliss-reactive ketones (excluding diaryl/α,β-unsaturated/α-hetero) is 1. The molecule has 0 saturated heterocycles. The SMILES string of the molecule is CCCCC(C)=C(CCC)C(C)=O. The highest BCUT2D eigenvalue weighted by molar-refractivity contribution is 5.93. The van der Waals surface area contributed by atoms with Crippen LogP contribution in [-0.4, -0.2) is 5.78 Å². The molecule has 1 heteroatoms. The van der Waals surface area contributed by atoms with Crippen LogP contribution in [0.25, 0.3) is 0 Å². The molecule has 0 unspecified atom stereocenters. The fourth-order valence-electron chi connectivity index (χ4n) is 1.53. The number of hydrogen-bond acceptors (Lipinski definition) is 1. The van der Waals surface area contributed by atoms with Crippen LogP contribution in [0.5, 0.6) is 0 Å². The summed E-state index contributed by atoms with van der Waals surface area (Å²) >= 11 is 0. The van der Waals surface area contributed by atoms with Gasteiger partial charge in [-0.15, -0.1) is 0 Å². The maximum Gasteiger partial charge on any atom is 0.155 e. The van der Waals surface area contributed by atoms with Gasteiger partial charge in [-0.2, -0.15) is 0 Å². The molecule has 0 fully saturated rings. The molecular weight excluding hydrogens is 160 g/mol. The van der Waals surface area contributed by atoms with E-state index in [4.69, 9.17) is 0 Å². The average molecular weight is 182 g/mol. The molecule has 0 saturated carbocycles. The third kappa shape index (κ3) is 4.87. The molecule has 0 spiro atoms. The van der Waals surface area contributed by atoms with Crippen LogP contribution >= 0.6 is 0 Å². The molecule has 0 rings (SSSR count). The molecule has 0 N–H and O–H groups in total. The van der Waals surface area contributed by atoms with Gasteiger partial charge in [-0.25, -0.2) is 0 Å². The van der Waals surface area contributed by atoms with Gasteiger partial charge < -0.3 is 0 Å². The Balaban J connectivity index is 4.35. The van der Waals surface area contributed by atoms with Crippen LogP contribution in [0.15, 0.2) is 11.1 Å². The van der Waals surface area contributed by atoms with Gasteiger partial charge in [0.1, 0.15) is 0 Å². The highest BCUT2D eigenvalue weighted by Gasteiger charge is 2.06. The molecule has 0 bridgehead atoms. The van der Waals surface area contributed by atoms with E-state index < -0.39 is 0 Å². The van der Waals surface area contributed by atoms with Gasteiger partial charge >= 0.3 is 0 Å². The van der Waals surface area contributed by atoms with Crippen molar-refractivity contribution in [1.29, 1.82) is 0 Å². The average Bonchev–Trinajstić information content (AvgIpc) is 2.09. The molecule has 0 amide bonds. The van der Waals surface area contributed by atoms with Gasteiger partial charge in [-0.05, 0) is 38.7 Å². The summed E-state index contributed by atoms with van der Waals surface area (Å²) < 4.78 is 0. The Bertz CT molecular complexity index is 189. The number of hydrogen-bond donors (Lipinski definition) is 0. The van der Waals surface area contributed by atoms with Gasteiger partial charge in [0.2, 0.25) is 0 Å². The standard InChI is InChI=1S/C12H22O/c1-5-7-9-10(3)12(8-6-2)11(4)13/h5-9H2,1-4H3. The van der Waals surface area contributed by atoms with Crippen LogP contribution in [0.3, 0.4) is 0 Å². The third-order valence-electron chi connectivity index (χ3n) is 2.35. The molecule has 0 aliphatic heterocycles. The zero-order valence-electron chi connectivity index (χ0n) is 9.44. The van der Waals surface area contributed by atoms with Gasteiger partial charge in [0.05, 0.1) is 0 Å². The van der Waals surface area contributed by atoms with E-state index in [0.29, 0.717) is 0 Å². The molecule has 0 aromatic carbocycles. The molecule has 1 nitrogen and oxygen atoms in total. The van der Waals surface area contributed by atoms with Crippen molar-refractivity contribution >= 4 is 5.78 Å².